The number of rotatable bonds is 7. The number of thioether (sulfide) groups is 1. The lowest BCUT2D eigenvalue weighted by Gasteiger charge is -2.16. The molecule has 3 heterocycles. The second-order valence-electron chi connectivity index (χ2n) is 6.34. The monoisotopic (exact) mass is 406 g/mol. The van der Waals surface area contributed by atoms with Gasteiger partial charge >= 0.3 is 0 Å². The van der Waals surface area contributed by atoms with Gasteiger partial charge in [0.15, 0.2) is 5.16 Å². The van der Waals surface area contributed by atoms with Gasteiger partial charge in [-0.05, 0) is 31.7 Å². The molecule has 1 amide bonds. The van der Waals surface area contributed by atoms with Gasteiger partial charge in [0.1, 0.15) is 11.4 Å². The van der Waals surface area contributed by atoms with Gasteiger partial charge in [0.2, 0.25) is 5.91 Å². The van der Waals surface area contributed by atoms with Gasteiger partial charge in [-0.15, -0.1) is 11.3 Å². The Labute approximate surface area is 165 Å². The number of nitrogens with one attached hydrogen (secondary N) is 1. The molecule has 2 aromatic rings. The third-order valence-corrected chi connectivity index (χ3v) is 6.56. The molecule has 2 aromatic heterocycles. The summed E-state index contributed by atoms with van der Waals surface area (Å²) in [5, 5.41) is 12.3. The maximum absolute atomic E-state index is 13.3. The summed E-state index contributed by atoms with van der Waals surface area (Å²) in [7, 11) is 0. The van der Waals surface area contributed by atoms with Crippen molar-refractivity contribution in [3.63, 3.8) is 0 Å². The number of amides is 1. The number of fused-ring (bicyclic) bond motifs is 1. The highest BCUT2D eigenvalue weighted by atomic mass is 32.2. The van der Waals surface area contributed by atoms with Crippen LogP contribution in [0.15, 0.2) is 9.95 Å². The predicted molar refractivity (Wildman–Crippen MR) is 106 cm³/mol. The molecule has 1 aliphatic heterocycles. The Morgan fingerprint density at radius 2 is 2.37 bits per heavy atom. The van der Waals surface area contributed by atoms with Gasteiger partial charge < -0.3 is 10.1 Å². The minimum Gasteiger partial charge on any atom is -0.376 e. The van der Waals surface area contributed by atoms with Crippen molar-refractivity contribution in [1.29, 1.82) is 5.26 Å². The zero-order valence-electron chi connectivity index (χ0n) is 15.4. The second kappa shape index (κ2) is 8.87. The van der Waals surface area contributed by atoms with E-state index in [9.17, 15) is 9.59 Å². The van der Waals surface area contributed by atoms with Gasteiger partial charge in [-0.25, -0.2) is 4.98 Å². The number of carbonyl (C=O) groups is 1. The molecular formula is C18H22N4O3S2. The fourth-order valence-corrected chi connectivity index (χ4v) is 5.23. The third-order valence-electron chi connectivity index (χ3n) is 4.54. The summed E-state index contributed by atoms with van der Waals surface area (Å²) in [4.78, 5) is 31.7. The van der Waals surface area contributed by atoms with E-state index in [0.29, 0.717) is 23.7 Å². The Balaban J connectivity index is 1.97. The third kappa shape index (κ3) is 4.34. The minimum atomic E-state index is -0.254. The standard InChI is InChI=1S/C18H22N4O3S2/c1-3-13-11(2)27-16-15(13)17(24)22(9-12-5-4-8-25-12)18(21-16)26-10-14(23)20-7-6-19/h12H,3-5,7-10H2,1-2H3,(H,20,23). The number of nitrogens with zero attached hydrogens (tertiary/aromatic N) is 3. The maximum Gasteiger partial charge on any atom is 0.263 e. The van der Waals surface area contributed by atoms with Gasteiger partial charge in [-0.3, -0.25) is 14.2 Å². The van der Waals surface area contributed by atoms with E-state index in [4.69, 9.17) is 15.0 Å². The maximum atomic E-state index is 13.3. The van der Waals surface area contributed by atoms with Crippen molar-refractivity contribution in [1.82, 2.24) is 14.9 Å². The summed E-state index contributed by atoms with van der Waals surface area (Å²) in [6, 6.07) is 1.88. The van der Waals surface area contributed by atoms with E-state index in [1.165, 1.54) is 23.1 Å². The molecule has 1 aliphatic rings. The van der Waals surface area contributed by atoms with Crippen LogP contribution in [-0.2, 0) is 22.5 Å². The van der Waals surface area contributed by atoms with Crippen molar-refractivity contribution in [3.8, 4) is 6.07 Å². The first-order chi connectivity index (χ1) is 13.0. The van der Waals surface area contributed by atoms with Gasteiger partial charge in [0.25, 0.3) is 5.56 Å². The summed E-state index contributed by atoms with van der Waals surface area (Å²) in [5.74, 6) is -0.146. The van der Waals surface area contributed by atoms with E-state index in [-0.39, 0.29) is 29.9 Å². The van der Waals surface area contributed by atoms with E-state index in [1.807, 2.05) is 19.9 Å². The molecule has 144 valence electrons. The average molecular weight is 407 g/mol. The largest absolute Gasteiger partial charge is 0.376 e. The molecular weight excluding hydrogens is 384 g/mol. The Morgan fingerprint density at radius 1 is 1.56 bits per heavy atom. The normalized spacial score (nSPS) is 16.6. The van der Waals surface area contributed by atoms with Crippen LogP contribution in [0.25, 0.3) is 10.2 Å². The first-order valence-electron chi connectivity index (χ1n) is 8.96. The number of carbonyl (C=O) groups excluding carboxylic acids is 1. The Hall–Kier alpha value is -1.89. The van der Waals surface area contributed by atoms with Gasteiger partial charge in [0, 0.05) is 11.5 Å². The number of aryl methyl sites for hydroxylation is 2. The Kier molecular flexibility index (Phi) is 6.52. The van der Waals surface area contributed by atoms with Crippen LogP contribution in [0.1, 0.15) is 30.2 Å². The van der Waals surface area contributed by atoms with E-state index in [0.717, 1.165) is 34.5 Å². The highest BCUT2D eigenvalue weighted by Gasteiger charge is 2.23. The van der Waals surface area contributed by atoms with Crippen molar-refractivity contribution in [2.24, 2.45) is 0 Å². The number of hydrogen-bond acceptors (Lipinski definition) is 7. The molecule has 1 fully saturated rings. The van der Waals surface area contributed by atoms with E-state index >= 15 is 0 Å². The summed E-state index contributed by atoms with van der Waals surface area (Å²) < 4.78 is 7.37. The lowest BCUT2D eigenvalue weighted by molar-refractivity contribution is -0.118. The second-order valence-corrected chi connectivity index (χ2v) is 8.48. The van der Waals surface area contributed by atoms with Crippen LogP contribution < -0.4 is 10.9 Å². The van der Waals surface area contributed by atoms with Crippen molar-refractivity contribution in [3.05, 3.63) is 20.8 Å². The van der Waals surface area contributed by atoms with Crippen LogP contribution >= 0.6 is 23.1 Å². The van der Waals surface area contributed by atoms with Crippen LogP contribution in [0.4, 0.5) is 0 Å². The molecule has 1 atom stereocenters. The molecule has 0 bridgehead atoms. The number of aromatic nitrogens is 2. The molecule has 0 spiro atoms. The fraction of sp³-hybridized carbons (Fsp3) is 0.556. The average Bonchev–Trinajstić information content (AvgIpc) is 3.27. The highest BCUT2D eigenvalue weighted by Crippen LogP contribution is 2.30. The molecule has 0 radical (unpaired) electrons. The van der Waals surface area contributed by atoms with Gasteiger partial charge in [0.05, 0.1) is 29.9 Å². The summed E-state index contributed by atoms with van der Waals surface area (Å²) >= 11 is 2.74. The Morgan fingerprint density at radius 3 is 3.04 bits per heavy atom. The molecule has 0 aromatic carbocycles. The zero-order valence-corrected chi connectivity index (χ0v) is 17.0. The molecule has 1 unspecified atom stereocenters. The van der Waals surface area contributed by atoms with Crippen molar-refractivity contribution in [2.75, 3.05) is 18.9 Å². The SMILES string of the molecule is CCc1c(C)sc2nc(SCC(=O)NCC#N)n(CC3CCCO3)c(=O)c12. The van der Waals surface area contributed by atoms with Crippen molar-refractivity contribution >= 4 is 39.2 Å². The van der Waals surface area contributed by atoms with E-state index in [1.54, 1.807) is 4.57 Å². The quantitative estimate of drug-likeness (QED) is 0.430. The number of nitriles is 1. The number of ether oxygens (including phenoxy) is 1. The summed E-state index contributed by atoms with van der Waals surface area (Å²) in [6.45, 7) is 5.18. The highest BCUT2D eigenvalue weighted by molar-refractivity contribution is 7.99. The topological polar surface area (TPSA) is 97.0 Å². The van der Waals surface area contributed by atoms with E-state index in [2.05, 4.69) is 5.32 Å². The molecule has 1 N–H and O–H groups in total. The molecule has 9 heteroatoms. The van der Waals surface area contributed by atoms with Crippen LogP contribution in [0.5, 0.6) is 0 Å². The summed E-state index contributed by atoms with van der Waals surface area (Å²) in [6.07, 6.45) is 2.69. The van der Waals surface area contributed by atoms with Crippen LogP contribution in [0, 0.1) is 18.3 Å². The zero-order chi connectivity index (χ0) is 19.4. The lowest BCUT2D eigenvalue weighted by atomic mass is 10.1. The first kappa shape index (κ1) is 19.9. The van der Waals surface area contributed by atoms with Crippen LogP contribution in [-0.4, -0.2) is 40.5 Å². The molecule has 27 heavy (non-hydrogen) atoms. The number of thiophene rings is 1. The minimum absolute atomic E-state index is 0.00137. The fourth-order valence-electron chi connectivity index (χ4n) is 3.24. The smallest absolute Gasteiger partial charge is 0.263 e. The molecule has 1 saturated heterocycles. The van der Waals surface area contributed by atoms with Crippen molar-refractivity contribution < 1.29 is 9.53 Å². The Bertz CT molecular complexity index is 939. The van der Waals surface area contributed by atoms with Crippen LogP contribution in [0.2, 0.25) is 0 Å². The molecule has 0 aliphatic carbocycles. The molecule has 0 saturated carbocycles. The van der Waals surface area contributed by atoms with Crippen molar-refractivity contribution in [2.45, 2.75) is 50.9 Å². The molecule has 3 rings (SSSR count). The number of hydrogen-bond donors (Lipinski definition) is 1. The van der Waals surface area contributed by atoms with Gasteiger partial charge in [-0.1, -0.05) is 18.7 Å². The lowest BCUT2D eigenvalue weighted by Crippen LogP contribution is -2.30. The van der Waals surface area contributed by atoms with Gasteiger partial charge in [-0.2, -0.15) is 5.26 Å². The van der Waals surface area contributed by atoms with E-state index < -0.39 is 0 Å². The summed E-state index contributed by atoms with van der Waals surface area (Å²) in [5.41, 5.74) is 0.994. The van der Waals surface area contributed by atoms with Crippen LogP contribution in [0.3, 0.4) is 0 Å². The molecule has 7 nitrogen and oxygen atoms in total. The first-order valence-corrected chi connectivity index (χ1v) is 10.8. The predicted octanol–water partition coefficient (Wildman–Crippen LogP) is 2.24.